The molecular weight excluding hydrogens is 375 g/mol. The third kappa shape index (κ3) is 4.95. The number of aromatic nitrogens is 3. The fourth-order valence-electron chi connectivity index (χ4n) is 3.32. The van der Waals surface area contributed by atoms with Gasteiger partial charge in [0.05, 0.1) is 23.9 Å². The quantitative estimate of drug-likeness (QED) is 0.695. The molecule has 1 aromatic carbocycles. The Bertz CT molecular complexity index is 806. The topological polar surface area (TPSA) is 66.5 Å². The van der Waals surface area contributed by atoms with Gasteiger partial charge in [0.2, 0.25) is 0 Å². The van der Waals surface area contributed by atoms with Crippen LogP contribution in [0.1, 0.15) is 49.5 Å². The maximum Gasteiger partial charge on any atom is 0.416 e. The Hall–Kier alpha value is -2.21. The number of nitrogens with one attached hydrogen (secondary N) is 1. The van der Waals surface area contributed by atoms with Gasteiger partial charge in [-0.05, 0) is 31.0 Å². The van der Waals surface area contributed by atoms with Gasteiger partial charge in [-0.3, -0.25) is 0 Å². The molecule has 3 rings (SSSR count). The van der Waals surface area contributed by atoms with Crippen LogP contribution in [0.5, 0.6) is 0 Å². The molecule has 0 aliphatic heterocycles. The van der Waals surface area contributed by atoms with Gasteiger partial charge in [-0.2, -0.15) is 18.4 Å². The third-order valence-corrected chi connectivity index (χ3v) is 5.39. The molecule has 1 aliphatic carbocycles. The standard InChI is InChI=1S/C18H20F3N5S/c19-18(20,21)13-5-4-6-14(11-13)23-12-16-24-25-17(27-10-9-22)26(16)15-7-2-1-3-8-15/h4-6,11,15,23H,1-3,7-8,10,12H2. The molecule has 1 heterocycles. The first-order valence-electron chi connectivity index (χ1n) is 8.83. The van der Waals surface area contributed by atoms with Crippen molar-refractivity contribution in [1.29, 1.82) is 5.26 Å². The average molecular weight is 395 g/mol. The first kappa shape index (κ1) is 19.5. The van der Waals surface area contributed by atoms with E-state index in [-0.39, 0.29) is 18.3 Å². The van der Waals surface area contributed by atoms with Crippen molar-refractivity contribution < 1.29 is 13.2 Å². The number of nitrogens with zero attached hydrogens (tertiary/aromatic N) is 4. The van der Waals surface area contributed by atoms with E-state index in [1.807, 2.05) is 0 Å². The second kappa shape index (κ2) is 8.65. The van der Waals surface area contributed by atoms with Gasteiger partial charge in [-0.25, -0.2) is 0 Å². The number of anilines is 1. The van der Waals surface area contributed by atoms with Crippen LogP contribution in [0.3, 0.4) is 0 Å². The molecule has 1 N–H and O–H groups in total. The Morgan fingerprint density at radius 2 is 2.00 bits per heavy atom. The van der Waals surface area contributed by atoms with Crippen LogP contribution in [0, 0.1) is 11.3 Å². The molecule has 0 saturated heterocycles. The summed E-state index contributed by atoms with van der Waals surface area (Å²) in [5.41, 5.74) is -0.305. The Morgan fingerprint density at radius 1 is 1.22 bits per heavy atom. The van der Waals surface area contributed by atoms with Gasteiger partial charge in [-0.1, -0.05) is 37.1 Å². The van der Waals surface area contributed by atoms with E-state index in [9.17, 15) is 13.2 Å². The van der Waals surface area contributed by atoms with Gasteiger partial charge < -0.3 is 9.88 Å². The summed E-state index contributed by atoms with van der Waals surface area (Å²) in [5, 5.41) is 21.0. The normalized spacial score (nSPS) is 15.5. The molecule has 1 aromatic heterocycles. The van der Waals surface area contributed by atoms with E-state index in [0.29, 0.717) is 16.7 Å². The van der Waals surface area contributed by atoms with Crippen molar-refractivity contribution in [2.24, 2.45) is 0 Å². The van der Waals surface area contributed by atoms with Crippen molar-refractivity contribution in [3.63, 3.8) is 0 Å². The van der Waals surface area contributed by atoms with Crippen molar-refractivity contribution in [3.8, 4) is 6.07 Å². The van der Waals surface area contributed by atoms with Crippen LogP contribution >= 0.6 is 11.8 Å². The lowest BCUT2D eigenvalue weighted by Gasteiger charge is -2.25. The van der Waals surface area contributed by atoms with E-state index in [1.54, 1.807) is 6.07 Å². The molecule has 9 heteroatoms. The molecule has 0 radical (unpaired) electrons. The summed E-state index contributed by atoms with van der Waals surface area (Å²) >= 11 is 1.34. The zero-order valence-corrected chi connectivity index (χ0v) is 15.5. The van der Waals surface area contributed by atoms with Gasteiger partial charge >= 0.3 is 6.18 Å². The number of halogens is 3. The molecule has 2 aromatic rings. The van der Waals surface area contributed by atoms with Crippen molar-refractivity contribution in [3.05, 3.63) is 35.7 Å². The van der Waals surface area contributed by atoms with Crippen molar-refractivity contribution in [1.82, 2.24) is 14.8 Å². The zero-order chi connectivity index (χ0) is 19.3. The van der Waals surface area contributed by atoms with Crippen molar-refractivity contribution in [2.45, 2.75) is 56.0 Å². The Kier molecular flexibility index (Phi) is 6.26. The number of hydrogen-bond acceptors (Lipinski definition) is 5. The molecule has 0 bridgehead atoms. The highest BCUT2D eigenvalue weighted by Gasteiger charge is 2.30. The van der Waals surface area contributed by atoms with Gasteiger partial charge in [0, 0.05) is 11.7 Å². The summed E-state index contributed by atoms with van der Waals surface area (Å²) in [6, 6.07) is 7.48. The molecule has 1 fully saturated rings. The Labute approximate surface area is 160 Å². The number of thioether (sulfide) groups is 1. The second-order valence-corrected chi connectivity index (χ2v) is 7.38. The smallest absolute Gasteiger partial charge is 0.378 e. The van der Waals surface area contributed by atoms with Gasteiger partial charge in [0.15, 0.2) is 11.0 Å². The minimum absolute atomic E-state index is 0.272. The molecule has 27 heavy (non-hydrogen) atoms. The van der Waals surface area contributed by atoms with E-state index in [2.05, 4.69) is 26.2 Å². The largest absolute Gasteiger partial charge is 0.416 e. The van der Waals surface area contributed by atoms with Crippen LogP contribution in [-0.2, 0) is 12.7 Å². The fraction of sp³-hybridized carbons (Fsp3) is 0.500. The SMILES string of the molecule is N#CCSc1nnc(CNc2cccc(C(F)(F)F)c2)n1C1CCCCC1. The van der Waals surface area contributed by atoms with Crippen LogP contribution in [0.2, 0.25) is 0 Å². The number of nitriles is 1. The summed E-state index contributed by atoms with van der Waals surface area (Å²) in [6.45, 7) is 0.276. The molecule has 1 saturated carbocycles. The zero-order valence-electron chi connectivity index (χ0n) is 14.7. The lowest BCUT2D eigenvalue weighted by Crippen LogP contribution is -2.18. The second-order valence-electron chi connectivity index (χ2n) is 6.44. The number of rotatable bonds is 6. The molecule has 5 nitrogen and oxygen atoms in total. The van der Waals surface area contributed by atoms with E-state index < -0.39 is 11.7 Å². The van der Waals surface area contributed by atoms with E-state index in [0.717, 1.165) is 37.8 Å². The summed E-state index contributed by atoms with van der Waals surface area (Å²) in [5.74, 6) is 0.964. The molecular formula is C18H20F3N5S. The molecule has 0 unspecified atom stereocenters. The first-order chi connectivity index (χ1) is 13.0. The minimum atomic E-state index is -4.37. The van der Waals surface area contributed by atoms with Crippen LogP contribution < -0.4 is 5.32 Å². The van der Waals surface area contributed by atoms with Gasteiger partial charge in [0.1, 0.15) is 0 Å². The van der Waals surface area contributed by atoms with Crippen molar-refractivity contribution >= 4 is 17.4 Å². The van der Waals surface area contributed by atoms with Crippen LogP contribution in [0.25, 0.3) is 0 Å². The highest BCUT2D eigenvalue weighted by atomic mass is 32.2. The fourth-order valence-corrected chi connectivity index (χ4v) is 4.00. The number of benzene rings is 1. The van der Waals surface area contributed by atoms with E-state index in [4.69, 9.17) is 5.26 Å². The van der Waals surface area contributed by atoms with Gasteiger partial charge in [0.25, 0.3) is 0 Å². The summed E-state index contributed by atoms with van der Waals surface area (Å²) in [7, 11) is 0. The lowest BCUT2D eigenvalue weighted by molar-refractivity contribution is -0.137. The first-order valence-corrected chi connectivity index (χ1v) is 9.82. The maximum absolute atomic E-state index is 12.9. The third-order valence-electron chi connectivity index (χ3n) is 4.58. The molecule has 144 valence electrons. The molecule has 0 atom stereocenters. The molecule has 0 spiro atoms. The predicted molar refractivity (Wildman–Crippen MR) is 97.3 cm³/mol. The summed E-state index contributed by atoms with van der Waals surface area (Å²) < 4.78 is 40.7. The average Bonchev–Trinajstić information content (AvgIpc) is 3.07. The highest BCUT2D eigenvalue weighted by molar-refractivity contribution is 7.99. The lowest BCUT2D eigenvalue weighted by atomic mass is 9.95. The van der Waals surface area contributed by atoms with Gasteiger partial charge in [-0.15, -0.1) is 10.2 Å². The highest BCUT2D eigenvalue weighted by Crippen LogP contribution is 2.33. The number of hydrogen-bond donors (Lipinski definition) is 1. The van der Waals surface area contributed by atoms with E-state index in [1.165, 1.54) is 24.2 Å². The minimum Gasteiger partial charge on any atom is -0.378 e. The van der Waals surface area contributed by atoms with Crippen LogP contribution in [0.15, 0.2) is 29.4 Å². The maximum atomic E-state index is 12.9. The monoisotopic (exact) mass is 395 g/mol. The molecule has 1 aliphatic rings. The predicted octanol–water partition coefficient (Wildman–Crippen LogP) is 5.03. The summed E-state index contributed by atoms with van der Waals surface area (Å²) in [4.78, 5) is 0. The van der Waals surface area contributed by atoms with Crippen LogP contribution in [-0.4, -0.2) is 20.5 Å². The summed E-state index contributed by atoms with van der Waals surface area (Å²) in [6.07, 6.45) is 1.14. The number of alkyl halides is 3. The van der Waals surface area contributed by atoms with Crippen molar-refractivity contribution in [2.75, 3.05) is 11.1 Å². The van der Waals surface area contributed by atoms with E-state index >= 15 is 0 Å². The molecule has 0 amide bonds. The Balaban J connectivity index is 1.78. The Morgan fingerprint density at radius 3 is 2.70 bits per heavy atom. The van der Waals surface area contributed by atoms with Crippen LogP contribution in [0.4, 0.5) is 18.9 Å².